The highest BCUT2D eigenvalue weighted by Crippen LogP contribution is 2.32. The molecule has 9 rings (SSSR count). The summed E-state index contributed by atoms with van der Waals surface area (Å²) in [5, 5.41) is 1.48. The normalized spacial score (nSPS) is 11.5. The molecule has 0 N–H and O–H groups in total. The van der Waals surface area contributed by atoms with Crippen LogP contribution in [0.15, 0.2) is 176 Å². The van der Waals surface area contributed by atoms with Gasteiger partial charge in [0.05, 0.1) is 16.2 Å². The molecule has 7 aromatic carbocycles. The van der Waals surface area contributed by atoms with Crippen molar-refractivity contribution >= 4 is 43.9 Å². The minimum Gasteiger partial charge on any atom is -0.456 e. The summed E-state index contributed by atoms with van der Waals surface area (Å²) in [7, 11) is 0. The van der Waals surface area contributed by atoms with Gasteiger partial charge in [-0.3, -0.25) is 9.59 Å². The molecule has 0 unspecified atom stereocenters. The number of benzene rings is 7. The van der Waals surface area contributed by atoms with Crippen LogP contribution in [0.1, 0.15) is 0 Å². The van der Waals surface area contributed by atoms with Crippen LogP contribution in [-0.2, 0) is 0 Å². The summed E-state index contributed by atoms with van der Waals surface area (Å²) in [4.78, 5) is 28.0. The molecule has 0 fully saturated rings. The summed E-state index contributed by atoms with van der Waals surface area (Å²) < 4.78 is 12.6. The van der Waals surface area contributed by atoms with Crippen LogP contribution < -0.4 is 10.9 Å². The molecular formula is C44H26O4. The number of hydrogen-bond acceptors (Lipinski definition) is 4. The van der Waals surface area contributed by atoms with E-state index >= 15 is 0 Å². The van der Waals surface area contributed by atoms with Crippen molar-refractivity contribution < 1.29 is 8.83 Å². The van der Waals surface area contributed by atoms with Crippen LogP contribution in [0.4, 0.5) is 0 Å². The minimum atomic E-state index is -0.239. The van der Waals surface area contributed by atoms with Gasteiger partial charge in [-0.05, 0) is 80.9 Å². The first kappa shape index (κ1) is 27.8. The van der Waals surface area contributed by atoms with Crippen molar-refractivity contribution in [3.63, 3.8) is 0 Å². The highest BCUT2D eigenvalue weighted by molar-refractivity contribution is 6.08. The van der Waals surface area contributed by atoms with E-state index in [4.69, 9.17) is 8.83 Å². The van der Waals surface area contributed by atoms with Gasteiger partial charge in [-0.15, -0.1) is 0 Å². The quantitative estimate of drug-likeness (QED) is 0.145. The fourth-order valence-corrected chi connectivity index (χ4v) is 6.58. The van der Waals surface area contributed by atoms with E-state index in [1.165, 1.54) is 0 Å². The lowest BCUT2D eigenvalue weighted by Gasteiger charge is -2.09. The second-order valence-electron chi connectivity index (χ2n) is 12.0. The molecular weight excluding hydrogens is 592 g/mol. The lowest BCUT2D eigenvalue weighted by atomic mass is 9.98. The smallest absolute Gasteiger partial charge is 0.204 e. The van der Waals surface area contributed by atoms with Gasteiger partial charge in [0.25, 0.3) is 0 Å². The molecule has 0 radical (unpaired) electrons. The Labute approximate surface area is 274 Å². The van der Waals surface area contributed by atoms with E-state index in [1.54, 1.807) is 18.2 Å². The first-order valence-corrected chi connectivity index (χ1v) is 15.8. The van der Waals surface area contributed by atoms with Gasteiger partial charge in [0, 0.05) is 0 Å². The van der Waals surface area contributed by atoms with Crippen LogP contribution in [0.3, 0.4) is 0 Å². The van der Waals surface area contributed by atoms with E-state index in [9.17, 15) is 9.59 Å². The summed E-state index contributed by atoms with van der Waals surface area (Å²) in [6, 6.07) is 51.6. The van der Waals surface area contributed by atoms with Crippen molar-refractivity contribution in [1.29, 1.82) is 0 Å². The number of rotatable bonds is 4. The predicted octanol–water partition coefficient (Wildman–Crippen LogP) is 10.9. The fraction of sp³-hybridized carbons (Fsp3) is 0. The second-order valence-corrected chi connectivity index (χ2v) is 12.0. The molecule has 0 aliphatic carbocycles. The lowest BCUT2D eigenvalue weighted by molar-refractivity contribution is 0.649. The van der Waals surface area contributed by atoms with Gasteiger partial charge in [0.15, 0.2) is 5.58 Å². The molecule has 0 bridgehead atoms. The molecule has 0 saturated carbocycles. The molecule has 0 aliphatic rings. The molecule has 226 valence electrons. The van der Waals surface area contributed by atoms with Crippen molar-refractivity contribution in [2.45, 2.75) is 0 Å². The average Bonchev–Trinajstić information content (AvgIpc) is 3.15. The summed E-state index contributed by atoms with van der Waals surface area (Å²) in [6.45, 7) is 0. The maximum absolute atomic E-state index is 14.1. The summed E-state index contributed by atoms with van der Waals surface area (Å²) >= 11 is 0. The van der Waals surface area contributed by atoms with Gasteiger partial charge in [0.1, 0.15) is 22.1 Å². The Kier molecular flexibility index (Phi) is 6.41. The molecule has 0 spiro atoms. The topological polar surface area (TPSA) is 60.4 Å². The van der Waals surface area contributed by atoms with Crippen molar-refractivity contribution in [1.82, 2.24) is 0 Å². The Hall–Kier alpha value is -6.52. The highest BCUT2D eigenvalue weighted by Gasteiger charge is 2.18. The third-order valence-corrected chi connectivity index (χ3v) is 9.12. The summed E-state index contributed by atoms with van der Waals surface area (Å²) in [6.07, 6.45) is 0. The fourth-order valence-electron chi connectivity index (χ4n) is 6.58. The van der Waals surface area contributed by atoms with Crippen molar-refractivity contribution in [3.05, 3.63) is 178 Å². The van der Waals surface area contributed by atoms with Gasteiger partial charge in [-0.1, -0.05) is 121 Å². The Morgan fingerprint density at radius 2 is 0.708 bits per heavy atom. The SMILES string of the molecule is O=c1c2cc(-c3ccc(-c4ccccc4)cc3)ccc2oc2c1ccc1oc3ccc(-c4ccc(-c5ccccc5)cc4)cc3c(=O)c12. The largest absolute Gasteiger partial charge is 0.456 e. The standard InChI is InChI=1S/C44H26O4/c45-42-35-21-24-40-41(43(46)37-26-34(19-22-38(37)47-40)32-17-13-30(14-18-32)28-9-5-2-6-10-28)44(35)48-39-23-20-33(25-36(39)42)31-15-11-29(12-16-31)27-7-3-1-4-8-27/h1-26H. The van der Waals surface area contributed by atoms with E-state index in [-0.39, 0.29) is 21.8 Å². The Morgan fingerprint density at radius 1 is 0.312 bits per heavy atom. The van der Waals surface area contributed by atoms with E-state index < -0.39 is 0 Å². The maximum atomic E-state index is 14.1. The van der Waals surface area contributed by atoms with Crippen molar-refractivity contribution in [3.8, 4) is 44.5 Å². The predicted molar refractivity (Wildman–Crippen MR) is 195 cm³/mol. The molecule has 0 saturated heterocycles. The molecule has 0 atom stereocenters. The van der Waals surface area contributed by atoms with Gasteiger partial charge < -0.3 is 8.83 Å². The van der Waals surface area contributed by atoms with Crippen LogP contribution in [-0.4, -0.2) is 0 Å². The van der Waals surface area contributed by atoms with E-state index in [1.807, 2.05) is 66.7 Å². The Balaban J connectivity index is 1.14. The zero-order valence-corrected chi connectivity index (χ0v) is 25.6. The molecule has 9 aromatic rings. The minimum absolute atomic E-state index is 0.192. The molecule has 4 heteroatoms. The van der Waals surface area contributed by atoms with Crippen molar-refractivity contribution in [2.75, 3.05) is 0 Å². The Bertz CT molecular complexity index is 2780. The summed E-state index contributed by atoms with van der Waals surface area (Å²) in [5.41, 5.74) is 9.37. The van der Waals surface area contributed by atoms with Crippen LogP contribution in [0.5, 0.6) is 0 Å². The summed E-state index contributed by atoms with van der Waals surface area (Å²) in [5.74, 6) is 0. The van der Waals surface area contributed by atoms with Crippen LogP contribution in [0, 0.1) is 0 Å². The van der Waals surface area contributed by atoms with E-state index in [0.29, 0.717) is 32.9 Å². The number of hydrogen-bond donors (Lipinski definition) is 0. The zero-order valence-electron chi connectivity index (χ0n) is 25.6. The second kappa shape index (κ2) is 11.1. The maximum Gasteiger partial charge on any atom is 0.204 e. The lowest BCUT2D eigenvalue weighted by Crippen LogP contribution is -2.07. The van der Waals surface area contributed by atoms with E-state index in [2.05, 4.69) is 72.8 Å². The van der Waals surface area contributed by atoms with Gasteiger partial charge in [-0.25, -0.2) is 0 Å². The number of fused-ring (bicyclic) bond motifs is 5. The average molecular weight is 619 g/mol. The van der Waals surface area contributed by atoms with E-state index in [0.717, 1.165) is 44.5 Å². The molecule has 2 aromatic heterocycles. The monoisotopic (exact) mass is 618 g/mol. The van der Waals surface area contributed by atoms with Gasteiger partial charge in [-0.2, -0.15) is 0 Å². The van der Waals surface area contributed by atoms with Crippen LogP contribution in [0.25, 0.3) is 88.4 Å². The third kappa shape index (κ3) is 4.62. The third-order valence-electron chi connectivity index (χ3n) is 9.12. The molecule has 4 nitrogen and oxygen atoms in total. The molecule has 0 amide bonds. The Morgan fingerprint density at radius 3 is 1.23 bits per heavy atom. The first-order valence-electron chi connectivity index (χ1n) is 15.8. The van der Waals surface area contributed by atoms with Gasteiger partial charge >= 0.3 is 0 Å². The van der Waals surface area contributed by atoms with Crippen LogP contribution in [0.2, 0.25) is 0 Å². The van der Waals surface area contributed by atoms with Crippen molar-refractivity contribution in [2.24, 2.45) is 0 Å². The molecule has 48 heavy (non-hydrogen) atoms. The first-order chi connectivity index (χ1) is 23.6. The van der Waals surface area contributed by atoms with Gasteiger partial charge in [0.2, 0.25) is 10.9 Å². The molecule has 0 aliphatic heterocycles. The van der Waals surface area contributed by atoms with Crippen LogP contribution >= 0.6 is 0 Å². The highest BCUT2D eigenvalue weighted by atomic mass is 16.3. The zero-order chi connectivity index (χ0) is 32.2. The molecule has 2 heterocycles.